The van der Waals surface area contributed by atoms with Crippen molar-refractivity contribution in [2.24, 2.45) is 5.41 Å². The highest BCUT2D eigenvalue weighted by Crippen LogP contribution is 2.17. The second-order valence-corrected chi connectivity index (χ2v) is 5.57. The van der Waals surface area contributed by atoms with E-state index in [9.17, 15) is 14.0 Å². The first kappa shape index (κ1) is 15.1. The van der Waals surface area contributed by atoms with Crippen molar-refractivity contribution in [2.75, 3.05) is 11.9 Å². The average molecular weight is 266 g/mol. The first-order valence-electron chi connectivity index (χ1n) is 6.08. The molecule has 0 saturated heterocycles. The summed E-state index contributed by atoms with van der Waals surface area (Å²) in [5.74, 6) is -0.868. The van der Waals surface area contributed by atoms with E-state index < -0.39 is 0 Å². The molecule has 4 nitrogen and oxygen atoms in total. The molecule has 2 N–H and O–H groups in total. The maximum atomic E-state index is 12.7. The van der Waals surface area contributed by atoms with E-state index in [1.54, 1.807) is 0 Å². The average Bonchev–Trinajstić information content (AvgIpc) is 2.27. The summed E-state index contributed by atoms with van der Waals surface area (Å²) in [7, 11) is 0. The van der Waals surface area contributed by atoms with Gasteiger partial charge in [0.15, 0.2) is 0 Å². The van der Waals surface area contributed by atoms with E-state index in [4.69, 9.17) is 0 Å². The fourth-order valence-electron chi connectivity index (χ4n) is 1.46. The zero-order chi connectivity index (χ0) is 14.5. The van der Waals surface area contributed by atoms with Gasteiger partial charge in [-0.05, 0) is 29.7 Å². The number of hydrogen-bond donors (Lipinski definition) is 2. The lowest BCUT2D eigenvalue weighted by Crippen LogP contribution is -2.34. The van der Waals surface area contributed by atoms with Gasteiger partial charge in [0.25, 0.3) is 0 Å². The molecule has 0 aromatic heterocycles. The summed E-state index contributed by atoms with van der Waals surface area (Å²) in [6.45, 7) is 5.76. The Kier molecular flexibility index (Phi) is 5.03. The van der Waals surface area contributed by atoms with Crippen LogP contribution in [0.25, 0.3) is 0 Å². The van der Waals surface area contributed by atoms with Crippen LogP contribution in [0.5, 0.6) is 0 Å². The van der Waals surface area contributed by atoms with Crippen molar-refractivity contribution in [3.63, 3.8) is 0 Å². The van der Waals surface area contributed by atoms with E-state index in [2.05, 4.69) is 10.6 Å². The van der Waals surface area contributed by atoms with E-state index in [1.165, 1.54) is 24.3 Å². The van der Waals surface area contributed by atoms with Gasteiger partial charge in [-0.1, -0.05) is 20.8 Å². The molecule has 1 rings (SSSR count). The van der Waals surface area contributed by atoms with Gasteiger partial charge in [0.2, 0.25) is 11.8 Å². The molecule has 19 heavy (non-hydrogen) atoms. The summed E-state index contributed by atoms with van der Waals surface area (Å²) in [6, 6.07) is 5.44. The number of anilines is 1. The fourth-order valence-corrected chi connectivity index (χ4v) is 1.46. The third kappa shape index (κ3) is 6.55. The minimum absolute atomic E-state index is 0.0910. The van der Waals surface area contributed by atoms with Gasteiger partial charge >= 0.3 is 0 Å². The van der Waals surface area contributed by atoms with Crippen LogP contribution in [0.2, 0.25) is 0 Å². The zero-order valence-corrected chi connectivity index (χ0v) is 11.4. The number of benzene rings is 1. The Morgan fingerprint density at radius 2 is 1.68 bits per heavy atom. The van der Waals surface area contributed by atoms with E-state index in [0.29, 0.717) is 12.1 Å². The summed E-state index contributed by atoms with van der Waals surface area (Å²) in [4.78, 5) is 23.1. The molecule has 0 spiro atoms. The summed E-state index contributed by atoms with van der Waals surface area (Å²) >= 11 is 0. The molecule has 0 saturated carbocycles. The van der Waals surface area contributed by atoms with Gasteiger partial charge in [-0.2, -0.15) is 0 Å². The first-order valence-corrected chi connectivity index (χ1v) is 6.08. The number of amides is 2. The van der Waals surface area contributed by atoms with Crippen LogP contribution in [0.3, 0.4) is 0 Å². The van der Waals surface area contributed by atoms with Crippen LogP contribution in [0.1, 0.15) is 27.2 Å². The summed E-state index contributed by atoms with van der Waals surface area (Å²) in [6.07, 6.45) is 0.358. The van der Waals surface area contributed by atoms with E-state index >= 15 is 0 Å². The molecule has 0 aliphatic heterocycles. The van der Waals surface area contributed by atoms with Gasteiger partial charge in [0.05, 0.1) is 6.54 Å². The Balaban J connectivity index is 2.36. The smallest absolute Gasteiger partial charge is 0.243 e. The standard InChI is InChI=1S/C14H19FN2O2/c1-14(2,3)8-12(18)16-9-13(19)17-11-6-4-10(15)5-7-11/h4-7H,8-9H2,1-3H3,(H,16,18)(H,17,19). The SMILES string of the molecule is CC(C)(C)CC(=O)NCC(=O)Nc1ccc(F)cc1. The molecule has 2 amide bonds. The second-order valence-electron chi connectivity index (χ2n) is 5.57. The van der Waals surface area contributed by atoms with Gasteiger partial charge < -0.3 is 10.6 Å². The van der Waals surface area contributed by atoms with Crippen LogP contribution in [0.15, 0.2) is 24.3 Å². The van der Waals surface area contributed by atoms with Crippen molar-refractivity contribution in [3.8, 4) is 0 Å². The monoisotopic (exact) mass is 266 g/mol. The first-order chi connectivity index (χ1) is 8.76. The van der Waals surface area contributed by atoms with Crippen LogP contribution < -0.4 is 10.6 Å². The Hall–Kier alpha value is -1.91. The summed E-state index contributed by atoms with van der Waals surface area (Å²) < 4.78 is 12.7. The minimum atomic E-state index is -0.364. The molecule has 0 aliphatic carbocycles. The highest BCUT2D eigenvalue weighted by atomic mass is 19.1. The second kappa shape index (κ2) is 6.31. The maximum Gasteiger partial charge on any atom is 0.243 e. The molecular formula is C14H19FN2O2. The summed E-state index contributed by atoms with van der Waals surface area (Å²) in [5.41, 5.74) is 0.383. The number of carbonyl (C=O) groups excluding carboxylic acids is 2. The molecule has 1 aromatic rings. The number of carbonyl (C=O) groups is 2. The highest BCUT2D eigenvalue weighted by Gasteiger charge is 2.16. The van der Waals surface area contributed by atoms with E-state index in [1.807, 2.05) is 20.8 Å². The molecule has 0 aliphatic rings. The summed E-state index contributed by atoms with van der Waals surface area (Å²) in [5, 5.41) is 5.11. The lowest BCUT2D eigenvalue weighted by molar-refractivity contribution is -0.125. The van der Waals surface area contributed by atoms with Gasteiger partial charge in [0.1, 0.15) is 5.82 Å². The van der Waals surface area contributed by atoms with Crippen LogP contribution in [-0.4, -0.2) is 18.4 Å². The lowest BCUT2D eigenvalue weighted by Gasteiger charge is -2.17. The van der Waals surface area contributed by atoms with Gasteiger partial charge in [-0.25, -0.2) is 4.39 Å². The quantitative estimate of drug-likeness (QED) is 0.878. The molecule has 0 bridgehead atoms. The zero-order valence-electron chi connectivity index (χ0n) is 11.4. The number of rotatable bonds is 4. The lowest BCUT2D eigenvalue weighted by atomic mass is 9.92. The van der Waals surface area contributed by atoms with Crippen LogP contribution in [-0.2, 0) is 9.59 Å². The van der Waals surface area contributed by atoms with Gasteiger partial charge in [-0.15, -0.1) is 0 Å². The molecule has 1 aromatic carbocycles. The molecule has 104 valence electrons. The number of halogens is 1. The van der Waals surface area contributed by atoms with E-state index in [0.717, 1.165) is 0 Å². The van der Waals surface area contributed by atoms with E-state index in [-0.39, 0.29) is 29.6 Å². The normalized spacial score (nSPS) is 10.9. The Labute approximate surface area is 112 Å². The number of hydrogen-bond acceptors (Lipinski definition) is 2. The highest BCUT2D eigenvalue weighted by molar-refractivity contribution is 5.94. The predicted octanol–water partition coefficient (Wildman–Crippen LogP) is 2.32. The predicted molar refractivity (Wildman–Crippen MR) is 72.1 cm³/mol. The molecule has 0 atom stereocenters. The molecular weight excluding hydrogens is 247 g/mol. The van der Waals surface area contributed by atoms with Crippen molar-refractivity contribution in [3.05, 3.63) is 30.1 Å². The molecule has 0 fully saturated rings. The van der Waals surface area contributed by atoms with Crippen molar-refractivity contribution in [1.29, 1.82) is 0 Å². The largest absolute Gasteiger partial charge is 0.347 e. The van der Waals surface area contributed by atoms with Crippen LogP contribution in [0, 0.1) is 11.2 Å². The molecule has 0 heterocycles. The molecule has 0 radical (unpaired) electrons. The third-order valence-corrected chi connectivity index (χ3v) is 2.26. The molecule has 0 unspecified atom stereocenters. The maximum absolute atomic E-state index is 12.7. The van der Waals surface area contributed by atoms with Crippen molar-refractivity contribution >= 4 is 17.5 Å². The van der Waals surface area contributed by atoms with Crippen molar-refractivity contribution in [1.82, 2.24) is 5.32 Å². The van der Waals surface area contributed by atoms with Gasteiger partial charge in [0, 0.05) is 12.1 Å². The van der Waals surface area contributed by atoms with Crippen molar-refractivity contribution in [2.45, 2.75) is 27.2 Å². The van der Waals surface area contributed by atoms with Crippen LogP contribution in [0.4, 0.5) is 10.1 Å². The van der Waals surface area contributed by atoms with Gasteiger partial charge in [-0.3, -0.25) is 9.59 Å². The third-order valence-electron chi connectivity index (χ3n) is 2.26. The topological polar surface area (TPSA) is 58.2 Å². The minimum Gasteiger partial charge on any atom is -0.347 e. The van der Waals surface area contributed by atoms with Crippen molar-refractivity contribution < 1.29 is 14.0 Å². The Bertz CT molecular complexity index is 450. The van der Waals surface area contributed by atoms with Crippen LogP contribution >= 0.6 is 0 Å². The fraction of sp³-hybridized carbons (Fsp3) is 0.429. The Morgan fingerprint density at radius 3 is 2.21 bits per heavy atom. The Morgan fingerprint density at radius 1 is 1.11 bits per heavy atom. The molecule has 5 heteroatoms. The number of nitrogens with one attached hydrogen (secondary N) is 2.